The van der Waals surface area contributed by atoms with Crippen molar-refractivity contribution in [3.63, 3.8) is 0 Å². The van der Waals surface area contributed by atoms with Crippen molar-refractivity contribution in [1.82, 2.24) is 0 Å². The number of hydrogen-bond acceptors (Lipinski definition) is 3. The van der Waals surface area contributed by atoms with Crippen molar-refractivity contribution in [1.29, 1.82) is 5.26 Å². The minimum absolute atomic E-state index is 0.745. The number of benzene rings is 1. The molecule has 1 aromatic rings. The number of aryl methyl sites for hydroxylation is 1. The van der Waals surface area contributed by atoms with Crippen molar-refractivity contribution in [3.8, 4) is 6.07 Å². The van der Waals surface area contributed by atoms with E-state index in [0.29, 0.717) is 0 Å². The first-order valence-corrected chi connectivity index (χ1v) is 5.52. The maximum Gasteiger partial charge on any atom is 0.102 e. The maximum absolute atomic E-state index is 9.03. The summed E-state index contributed by atoms with van der Waals surface area (Å²) in [6, 6.07) is 8.09. The third kappa shape index (κ3) is 3.56. The summed E-state index contributed by atoms with van der Waals surface area (Å²) in [7, 11) is 1.71. The fraction of sp³-hybridized carbons (Fsp3) is 0.462. The Labute approximate surface area is 97.0 Å². The van der Waals surface area contributed by atoms with Gasteiger partial charge in [0.1, 0.15) is 6.07 Å². The Kier molecular flexibility index (Phi) is 5.38. The zero-order valence-corrected chi connectivity index (χ0v) is 9.92. The van der Waals surface area contributed by atoms with E-state index in [9.17, 15) is 0 Å². The Hall–Kier alpha value is -1.53. The van der Waals surface area contributed by atoms with Gasteiger partial charge in [0, 0.05) is 20.3 Å². The van der Waals surface area contributed by atoms with Gasteiger partial charge in [0.2, 0.25) is 0 Å². The minimum atomic E-state index is 0.745. The number of unbranched alkanes of at least 4 members (excludes halogenated alkanes) is 1. The van der Waals surface area contributed by atoms with Gasteiger partial charge in [0.25, 0.3) is 0 Å². The number of anilines is 1. The van der Waals surface area contributed by atoms with Crippen LogP contribution in [0.2, 0.25) is 0 Å². The fourth-order valence-electron chi connectivity index (χ4n) is 1.56. The Balaban J connectivity index is 2.48. The normalized spacial score (nSPS) is 9.81. The molecule has 0 aromatic heterocycles. The molecule has 1 N–H and O–H groups in total. The van der Waals surface area contributed by atoms with Gasteiger partial charge in [-0.2, -0.15) is 5.26 Å². The van der Waals surface area contributed by atoms with Gasteiger partial charge in [-0.15, -0.1) is 0 Å². The minimum Gasteiger partial charge on any atom is -0.385 e. The second kappa shape index (κ2) is 6.86. The summed E-state index contributed by atoms with van der Waals surface area (Å²) in [5.41, 5.74) is 2.69. The van der Waals surface area contributed by atoms with E-state index in [1.807, 2.05) is 25.1 Å². The molecule has 0 aliphatic carbocycles. The summed E-state index contributed by atoms with van der Waals surface area (Å²) in [6.45, 7) is 3.62. The summed E-state index contributed by atoms with van der Waals surface area (Å²) in [6.07, 6.45) is 2.09. The van der Waals surface area contributed by atoms with Gasteiger partial charge in [0.15, 0.2) is 0 Å². The highest BCUT2D eigenvalue weighted by atomic mass is 16.5. The molecule has 0 aliphatic rings. The number of ether oxygens (including phenoxy) is 1. The molecule has 16 heavy (non-hydrogen) atoms. The van der Waals surface area contributed by atoms with Crippen molar-refractivity contribution in [2.24, 2.45) is 0 Å². The van der Waals surface area contributed by atoms with Gasteiger partial charge < -0.3 is 10.1 Å². The average Bonchev–Trinajstić information content (AvgIpc) is 2.29. The van der Waals surface area contributed by atoms with Gasteiger partial charge in [-0.25, -0.2) is 0 Å². The first kappa shape index (κ1) is 12.5. The number of rotatable bonds is 6. The van der Waals surface area contributed by atoms with Crippen LogP contribution in [0.1, 0.15) is 24.0 Å². The summed E-state index contributed by atoms with van der Waals surface area (Å²) in [5.74, 6) is 0. The number of nitrogens with one attached hydrogen (secondary N) is 1. The summed E-state index contributed by atoms with van der Waals surface area (Å²) in [4.78, 5) is 0. The lowest BCUT2D eigenvalue weighted by molar-refractivity contribution is 0.194. The molecule has 0 saturated carbocycles. The molecule has 0 fully saturated rings. The number of methoxy groups -OCH3 is 1. The van der Waals surface area contributed by atoms with Crippen LogP contribution in [-0.2, 0) is 4.74 Å². The summed E-state index contributed by atoms with van der Waals surface area (Å²) < 4.78 is 4.98. The van der Waals surface area contributed by atoms with Gasteiger partial charge >= 0.3 is 0 Å². The number of hydrogen-bond donors (Lipinski definition) is 1. The van der Waals surface area contributed by atoms with E-state index in [-0.39, 0.29) is 0 Å². The lowest BCUT2D eigenvalue weighted by Crippen LogP contribution is -2.05. The zero-order valence-electron chi connectivity index (χ0n) is 9.92. The third-order valence-electron chi connectivity index (χ3n) is 2.48. The second-order valence-electron chi connectivity index (χ2n) is 3.74. The molecule has 0 amide bonds. The van der Waals surface area contributed by atoms with Crippen molar-refractivity contribution in [2.45, 2.75) is 19.8 Å². The highest BCUT2D eigenvalue weighted by Crippen LogP contribution is 2.18. The van der Waals surface area contributed by atoms with Crippen LogP contribution < -0.4 is 5.32 Å². The van der Waals surface area contributed by atoms with Crippen LogP contribution in [0.15, 0.2) is 18.2 Å². The molecular formula is C13H18N2O. The Bertz CT molecular complexity index is 369. The predicted molar refractivity (Wildman–Crippen MR) is 65.5 cm³/mol. The first-order valence-electron chi connectivity index (χ1n) is 5.52. The quantitative estimate of drug-likeness (QED) is 0.747. The molecule has 0 spiro atoms. The molecule has 3 nitrogen and oxygen atoms in total. The molecule has 0 aliphatic heterocycles. The van der Waals surface area contributed by atoms with E-state index in [4.69, 9.17) is 10.00 Å². The second-order valence-corrected chi connectivity index (χ2v) is 3.74. The van der Waals surface area contributed by atoms with Crippen molar-refractivity contribution < 1.29 is 4.74 Å². The lowest BCUT2D eigenvalue weighted by atomic mass is 10.1. The highest BCUT2D eigenvalue weighted by Gasteiger charge is 2.03. The summed E-state index contributed by atoms with van der Waals surface area (Å²) >= 11 is 0. The van der Waals surface area contributed by atoms with Crippen LogP contribution in [0.25, 0.3) is 0 Å². The van der Waals surface area contributed by atoms with Crippen LogP contribution in [0.5, 0.6) is 0 Å². The Morgan fingerprint density at radius 3 is 2.88 bits per heavy atom. The molecule has 0 saturated heterocycles. The van der Waals surface area contributed by atoms with Crippen LogP contribution in [-0.4, -0.2) is 20.3 Å². The van der Waals surface area contributed by atoms with Gasteiger partial charge in [0.05, 0.1) is 11.3 Å². The lowest BCUT2D eigenvalue weighted by Gasteiger charge is -2.09. The third-order valence-corrected chi connectivity index (χ3v) is 2.48. The van der Waals surface area contributed by atoms with Crippen LogP contribution in [0.3, 0.4) is 0 Å². The van der Waals surface area contributed by atoms with Gasteiger partial charge in [-0.1, -0.05) is 12.1 Å². The molecule has 1 aromatic carbocycles. The first-order chi connectivity index (χ1) is 7.79. The molecule has 0 atom stereocenters. The van der Waals surface area contributed by atoms with Crippen LogP contribution >= 0.6 is 0 Å². The van der Waals surface area contributed by atoms with Crippen molar-refractivity contribution in [3.05, 3.63) is 29.3 Å². The van der Waals surface area contributed by atoms with Crippen molar-refractivity contribution in [2.75, 3.05) is 25.6 Å². The molecule has 86 valence electrons. The van der Waals surface area contributed by atoms with E-state index in [1.54, 1.807) is 7.11 Å². The van der Waals surface area contributed by atoms with Crippen molar-refractivity contribution >= 4 is 5.69 Å². The fourth-order valence-corrected chi connectivity index (χ4v) is 1.56. The topological polar surface area (TPSA) is 45.0 Å². The molecular weight excluding hydrogens is 200 g/mol. The van der Waals surface area contributed by atoms with Gasteiger partial charge in [-0.3, -0.25) is 0 Å². The van der Waals surface area contributed by atoms with Crippen LogP contribution in [0, 0.1) is 18.3 Å². The zero-order chi connectivity index (χ0) is 11.8. The largest absolute Gasteiger partial charge is 0.385 e. The average molecular weight is 218 g/mol. The van der Waals surface area contributed by atoms with Gasteiger partial charge in [-0.05, 0) is 31.4 Å². The van der Waals surface area contributed by atoms with Crippen LogP contribution in [0.4, 0.5) is 5.69 Å². The number of nitriles is 1. The van der Waals surface area contributed by atoms with E-state index in [0.717, 1.165) is 42.8 Å². The molecule has 0 radical (unpaired) electrons. The SMILES string of the molecule is COCCCCNc1cccc(C)c1C#N. The maximum atomic E-state index is 9.03. The summed E-state index contributed by atoms with van der Waals surface area (Å²) in [5, 5.41) is 12.3. The highest BCUT2D eigenvalue weighted by molar-refractivity contribution is 5.60. The van der Waals surface area contributed by atoms with E-state index in [1.165, 1.54) is 0 Å². The molecule has 0 bridgehead atoms. The Morgan fingerprint density at radius 1 is 1.38 bits per heavy atom. The van der Waals surface area contributed by atoms with E-state index >= 15 is 0 Å². The number of nitrogens with zero attached hydrogens (tertiary/aromatic N) is 1. The molecule has 0 heterocycles. The monoisotopic (exact) mass is 218 g/mol. The van der Waals surface area contributed by atoms with E-state index in [2.05, 4.69) is 11.4 Å². The predicted octanol–water partition coefficient (Wildman–Crippen LogP) is 2.71. The molecule has 0 unspecified atom stereocenters. The van der Waals surface area contributed by atoms with E-state index < -0.39 is 0 Å². The molecule has 1 rings (SSSR count). The smallest absolute Gasteiger partial charge is 0.102 e. The molecule has 3 heteroatoms. The Morgan fingerprint density at radius 2 is 2.19 bits per heavy atom. The standard InChI is InChI=1S/C13H18N2O/c1-11-6-5-7-13(12(11)10-14)15-8-3-4-9-16-2/h5-7,15H,3-4,8-9H2,1-2H3.